The molecule has 0 amide bonds. The van der Waals surface area contributed by atoms with Crippen molar-refractivity contribution in [2.24, 2.45) is 23.2 Å². The predicted molar refractivity (Wildman–Crippen MR) is 221 cm³/mol. The van der Waals surface area contributed by atoms with Crippen LogP contribution in [0.25, 0.3) is 0 Å². The summed E-state index contributed by atoms with van der Waals surface area (Å²) in [5, 5.41) is 9.49. The van der Waals surface area contributed by atoms with Gasteiger partial charge in [0, 0.05) is 32.3 Å². The van der Waals surface area contributed by atoms with E-state index in [-0.39, 0.29) is 24.4 Å². The Labute approximate surface area is 338 Å². The number of likely N-dealkylation sites (tertiary alicyclic amines) is 1. The highest BCUT2D eigenvalue weighted by Crippen LogP contribution is 2.60. The number of rotatable bonds is 18. The predicted octanol–water partition coefficient (Wildman–Crippen LogP) is 8.69. The monoisotopic (exact) mass is 766 g/mol. The van der Waals surface area contributed by atoms with Crippen LogP contribution in [0.3, 0.4) is 0 Å². The highest BCUT2D eigenvalue weighted by atomic mass is 16.6. The molecule has 8 nitrogen and oxygen atoms in total. The first-order valence-corrected chi connectivity index (χ1v) is 21.3. The summed E-state index contributed by atoms with van der Waals surface area (Å²) in [5.41, 5.74) is 5.98. The van der Waals surface area contributed by atoms with Crippen LogP contribution in [0.5, 0.6) is 0 Å². The second-order valence-electron chi connectivity index (χ2n) is 17.5. The van der Waals surface area contributed by atoms with E-state index in [1.807, 2.05) is 24.3 Å². The quantitative estimate of drug-likeness (QED) is 0.0884. The molecule has 5 aromatic rings. The Morgan fingerprint density at radius 2 is 1.07 bits per heavy atom. The zero-order valence-corrected chi connectivity index (χ0v) is 33.2. The molecule has 1 aromatic heterocycles. The zero-order valence-electron chi connectivity index (χ0n) is 33.2. The second kappa shape index (κ2) is 18.2. The third kappa shape index (κ3) is 9.76. The minimum atomic E-state index is -0.333. The van der Waals surface area contributed by atoms with Crippen LogP contribution < -0.4 is 0 Å². The molecule has 4 aliphatic carbocycles. The summed E-state index contributed by atoms with van der Waals surface area (Å²) in [6, 6.07) is 41.6. The number of ether oxygens (including phenoxy) is 4. The SMILES string of the molecule is c1ccc(COC[C@@H]2[C@@H](OCc3ccccc3)[C@H](OCc3ccccc3)[C@@H](OCc3ccccc3)CN2CCc2cn(CC34CC5CC(CC(C5)C3)C4)nn2)cc1. The first-order chi connectivity index (χ1) is 28.1. The van der Waals surface area contributed by atoms with E-state index in [1.165, 1.54) is 38.5 Å². The Hall–Kier alpha value is -4.18. The number of aromatic nitrogens is 3. The van der Waals surface area contributed by atoms with Crippen LogP contribution in [0.2, 0.25) is 0 Å². The molecule has 5 fully saturated rings. The zero-order chi connectivity index (χ0) is 38.3. The van der Waals surface area contributed by atoms with Crippen molar-refractivity contribution in [3.63, 3.8) is 0 Å². The fraction of sp³-hybridized carbons (Fsp3) is 0.469. The fourth-order valence-electron chi connectivity index (χ4n) is 10.9. The summed E-state index contributed by atoms with van der Waals surface area (Å²) in [5.74, 6) is 2.77. The van der Waals surface area contributed by atoms with Gasteiger partial charge in [0.05, 0.1) is 50.9 Å². The van der Waals surface area contributed by atoms with Crippen molar-refractivity contribution in [2.45, 2.75) is 102 Å². The lowest BCUT2D eigenvalue weighted by Gasteiger charge is -2.56. The van der Waals surface area contributed by atoms with Crippen LogP contribution in [0.15, 0.2) is 128 Å². The van der Waals surface area contributed by atoms with E-state index in [0.717, 1.165) is 65.2 Å². The molecule has 1 aliphatic heterocycles. The summed E-state index contributed by atoms with van der Waals surface area (Å²) in [7, 11) is 0. The van der Waals surface area contributed by atoms with E-state index in [9.17, 15) is 0 Å². The van der Waals surface area contributed by atoms with Crippen LogP contribution >= 0.6 is 0 Å². The average Bonchev–Trinajstić information content (AvgIpc) is 3.68. The van der Waals surface area contributed by atoms with E-state index in [2.05, 4.69) is 113 Å². The lowest BCUT2D eigenvalue weighted by atomic mass is 9.49. The number of hydrogen-bond donors (Lipinski definition) is 0. The first kappa shape index (κ1) is 38.3. The Bertz CT molecular complexity index is 1920. The average molecular weight is 767 g/mol. The molecule has 0 spiro atoms. The van der Waals surface area contributed by atoms with E-state index >= 15 is 0 Å². The number of hydrogen-bond acceptors (Lipinski definition) is 7. The van der Waals surface area contributed by atoms with E-state index in [1.54, 1.807) is 0 Å². The van der Waals surface area contributed by atoms with Crippen molar-refractivity contribution in [1.82, 2.24) is 19.9 Å². The van der Waals surface area contributed by atoms with Gasteiger partial charge in [-0.15, -0.1) is 5.10 Å². The summed E-state index contributed by atoms with van der Waals surface area (Å²) >= 11 is 0. The van der Waals surface area contributed by atoms with Gasteiger partial charge < -0.3 is 18.9 Å². The normalized spacial score (nSPS) is 28.2. The van der Waals surface area contributed by atoms with Crippen LogP contribution in [0.4, 0.5) is 0 Å². The Kier molecular flexibility index (Phi) is 12.2. The molecule has 0 N–H and O–H groups in total. The van der Waals surface area contributed by atoms with E-state index in [4.69, 9.17) is 29.3 Å². The van der Waals surface area contributed by atoms with Crippen molar-refractivity contribution in [3.05, 3.63) is 155 Å². The molecular formula is C49H58N4O4. The van der Waals surface area contributed by atoms with Gasteiger partial charge in [0.1, 0.15) is 12.2 Å². The molecule has 4 bridgehead atoms. The molecule has 10 rings (SSSR count). The van der Waals surface area contributed by atoms with Crippen LogP contribution in [0, 0.1) is 23.2 Å². The standard InChI is InChI=1S/C49H58N4O4/c1-5-13-37(14-6-1)31-54-35-45-47(56-33-39-17-9-3-10-18-39)48(57-34-40-19-11-4-12-20-40)46(55-32-38-15-7-2-8-16-38)30-52(45)22-21-44-29-53(51-50-44)36-49-26-41-23-42(27-49)25-43(24-41)28-49/h1-20,29,41-43,45-48H,21-28,30-36H2/t41?,42?,43?,45-,46+,47-,48-,49?/m1/s1. The van der Waals surface area contributed by atoms with Crippen molar-refractivity contribution in [3.8, 4) is 0 Å². The molecule has 4 aromatic carbocycles. The first-order valence-electron chi connectivity index (χ1n) is 21.3. The van der Waals surface area contributed by atoms with Gasteiger partial charge in [-0.05, 0) is 83.9 Å². The molecular weight excluding hydrogens is 709 g/mol. The molecule has 1 saturated heterocycles. The highest BCUT2D eigenvalue weighted by molar-refractivity contribution is 5.17. The minimum Gasteiger partial charge on any atom is -0.375 e. The van der Waals surface area contributed by atoms with Crippen LogP contribution in [-0.2, 0) is 58.3 Å². The molecule has 4 atom stereocenters. The van der Waals surface area contributed by atoms with Gasteiger partial charge in [-0.25, -0.2) is 0 Å². The molecule has 2 heterocycles. The van der Waals surface area contributed by atoms with Crippen molar-refractivity contribution >= 4 is 0 Å². The van der Waals surface area contributed by atoms with Crippen molar-refractivity contribution in [1.29, 1.82) is 0 Å². The van der Waals surface area contributed by atoms with Crippen LogP contribution in [0.1, 0.15) is 66.5 Å². The minimum absolute atomic E-state index is 0.0863. The van der Waals surface area contributed by atoms with E-state index in [0.29, 0.717) is 45.0 Å². The van der Waals surface area contributed by atoms with Gasteiger partial charge in [-0.2, -0.15) is 0 Å². The molecule has 0 radical (unpaired) electrons. The fourth-order valence-corrected chi connectivity index (χ4v) is 10.9. The molecule has 5 aliphatic rings. The lowest BCUT2D eigenvalue weighted by Crippen LogP contribution is -2.64. The van der Waals surface area contributed by atoms with Gasteiger partial charge in [0.15, 0.2) is 0 Å². The van der Waals surface area contributed by atoms with E-state index < -0.39 is 0 Å². The topological polar surface area (TPSA) is 70.9 Å². The molecule has 0 unspecified atom stereocenters. The summed E-state index contributed by atoms with van der Waals surface area (Å²) in [6.07, 6.45) is 10.6. The summed E-state index contributed by atoms with van der Waals surface area (Å²) < 4.78 is 29.6. The van der Waals surface area contributed by atoms with Crippen molar-refractivity contribution < 1.29 is 18.9 Å². The lowest BCUT2D eigenvalue weighted by molar-refractivity contribution is -0.210. The largest absolute Gasteiger partial charge is 0.375 e. The molecule has 298 valence electrons. The Morgan fingerprint density at radius 3 is 1.61 bits per heavy atom. The Morgan fingerprint density at radius 1 is 0.579 bits per heavy atom. The van der Waals surface area contributed by atoms with Gasteiger partial charge in [-0.3, -0.25) is 9.58 Å². The summed E-state index contributed by atoms with van der Waals surface area (Å²) in [4.78, 5) is 2.51. The van der Waals surface area contributed by atoms with Gasteiger partial charge in [-0.1, -0.05) is 127 Å². The number of piperidine rings is 1. The third-order valence-corrected chi connectivity index (χ3v) is 13.1. The number of nitrogens with zero attached hydrogens (tertiary/aromatic N) is 4. The second-order valence-corrected chi connectivity index (χ2v) is 17.5. The van der Waals surface area contributed by atoms with Crippen LogP contribution in [-0.4, -0.2) is 63.9 Å². The molecule has 4 saturated carbocycles. The van der Waals surface area contributed by atoms with Crippen molar-refractivity contribution in [2.75, 3.05) is 19.7 Å². The van der Waals surface area contributed by atoms with Gasteiger partial charge in [0.2, 0.25) is 0 Å². The highest BCUT2D eigenvalue weighted by Gasteiger charge is 2.51. The summed E-state index contributed by atoms with van der Waals surface area (Å²) in [6.45, 7) is 4.89. The third-order valence-electron chi connectivity index (χ3n) is 13.1. The maximum Gasteiger partial charge on any atom is 0.113 e. The van der Waals surface area contributed by atoms with Gasteiger partial charge in [0.25, 0.3) is 0 Å². The smallest absolute Gasteiger partial charge is 0.113 e. The maximum atomic E-state index is 7.03. The molecule has 8 heteroatoms. The molecule has 57 heavy (non-hydrogen) atoms. The Balaban J connectivity index is 0.972. The number of benzene rings is 4. The maximum absolute atomic E-state index is 7.03. The van der Waals surface area contributed by atoms with Gasteiger partial charge >= 0.3 is 0 Å².